The Morgan fingerprint density at radius 2 is 1.97 bits per heavy atom. The molecule has 152 valence electrons. The van der Waals surface area contributed by atoms with Crippen molar-refractivity contribution in [1.82, 2.24) is 20.0 Å². The Morgan fingerprint density at radius 3 is 2.59 bits per heavy atom. The largest absolute Gasteiger partial charge is 0.388 e. The number of H-pyrrole nitrogens is 1. The van der Waals surface area contributed by atoms with Gasteiger partial charge in [0.1, 0.15) is 11.6 Å². The first kappa shape index (κ1) is 17.7. The van der Waals surface area contributed by atoms with Crippen LogP contribution >= 0.6 is 0 Å². The number of aromatic nitrogens is 3. The Bertz CT molecular complexity index is 1050. The van der Waals surface area contributed by atoms with E-state index in [4.69, 9.17) is 9.51 Å². The van der Waals surface area contributed by atoms with Crippen molar-refractivity contribution in [2.45, 2.75) is 51.6 Å². The van der Waals surface area contributed by atoms with Gasteiger partial charge in [0.2, 0.25) is 0 Å². The first-order valence-electron chi connectivity index (χ1n) is 11.0. The number of hydrogen-bond donors (Lipinski definition) is 2. The number of imidazole rings is 1. The fourth-order valence-corrected chi connectivity index (χ4v) is 5.58. The van der Waals surface area contributed by atoms with E-state index in [1.807, 2.05) is 13.8 Å². The molecule has 6 heteroatoms. The molecule has 6 nitrogen and oxygen atoms in total. The summed E-state index contributed by atoms with van der Waals surface area (Å²) in [5.74, 6) is 3.31. The van der Waals surface area contributed by atoms with Crippen molar-refractivity contribution in [3.8, 4) is 11.1 Å². The molecule has 4 fully saturated rings. The highest BCUT2D eigenvalue weighted by molar-refractivity contribution is 5.86. The highest BCUT2D eigenvalue weighted by Crippen LogP contribution is 2.44. The van der Waals surface area contributed by atoms with E-state index in [9.17, 15) is 5.11 Å². The molecule has 2 unspecified atom stereocenters. The zero-order chi connectivity index (χ0) is 19.7. The van der Waals surface area contributed by atoms with Gasteiger partial charge in [-0.3, -0.25) is 0 Å². The summed E-state index contributed by atoms with van der Waals surface area (Å²) in [6.07, 6.45) is 4.30. The molecule has 0 spiro atoms. The van der Waals surface area contributed by atoms with Crippen LogP contribution in [0.2, 0.25) is 0 Å². The van der Waals surface area contributed by atoms with Gasteiger partial charge in [0, 0.05) is 29.5 Å². The number of benzene rings is 1. The Kier molecular flexibility index (Phi) is 3.90. The summed E-state index contributed by atoms with van der Waals surface area (Å²) >= 11 is 0. The highest BCUT2D eigenvalue weighted by Gasteiger charge is 2.39. The summed E-state index contributed by atoms with van der Waals surface area (Å²) in [5.41, 5.74) is 5.87. The topological polar surface area (TPSA) is 78.2 Å². The number of aliphatic hydroxyl groups is 1. The van der Waals surface area contributed by atoms with Crippen molar-refractivity contribution >= 4 is 11.0 Å². The van der Waals surface area contributed by atoms with Gasteiger partial charge in [0.05, 0.1) is 22.8 Å². The molecule has 2 N–H and O–H groups in total. The van der Waals surface area contributed by atoms with E-state index in [0.717, 1.165) is 51.5 Å². The third kappa shape index (κ3) is 2.84. The maximum absolute atomic E-state index is 11.6. The van der Waals surface area contributed by atoms with Crippen molar-refractivity contribution in [2.24, 2.45) is 11.8 Å². The van der Waals surface area contributed by atoms with Crippen molar-refractivity contribution in [2.75, 3.05) is 19.6 Å². The second-order valence-electron chi connectivity index (χ2n) is 9.30. The molecular formula is C23H28N4O2. The second kappa shape index (κ2) is 6.41. The average molecular weight is 393 g/mol. The fraction of sp³-hybridized carbons (Fsp3) is 0.565. The van der Waals surface area contributed by atoms with E-state index >= 15 is 0 Å². The van der Waals surface area contributed by atoms with Crippen LogP contribution < -0.4 is 0 Å². The Labute approximate surface area is 170 Å². The highest BCUT2D eigenvalue weighted by atomic mass is 16.5. The van der Waals surface area contributed by atoms with Gasteiger partial charge < -0.3 is 19.5 Å². The number of aliphatic hydroxyl groups excluding tert-OH is 1. The maximum Gasteiger partial charge on any atom is 0.141 e. The van der Waals surface area contributed by atoms with Crippen LogP contribution in [0.15, 0.2) is 16.7 Å². The van der Waals surface area contributed by atoms with Crippen LogP contribution in [0, 0.1) is 25.7 Å². The summed E-state index contributed by atoms with van der Waals surface area (Å²) < 4.78 is 5.43. The lowest BCUT2D eigenvalue weighted by atomic mass is 9.74. The molecule has 1 saturated carbocycles. The predicted molar refractivity (Wildman–Crippen MR) is 111 cm³/mol. The number of aryl methyl sites for hydroxylation is 2. The molecule has 2 atom stereocenters. The van der Waals surface area contributed by atoms with E-state index in [2.05, 4.69) is 27.2 Å². The molecule has 0 radical (unpaired) electrons. The Hall–Kier alpha value is -2.18. The molecule has 3 aromatic rings. The molecule has 2 aromatic heterocycles. The zero-order valence-electron chi connectivity index (χ0n) is 17.1. The lowest BCUT2D eigenvalue weighted by Gasteiger charge is -2.46. The number of nitrogens with one attached hydrogen (secondary N) is 1. The van der Waals surface area contributed by atoms with Crippen LogP contribution in [0.5, 0.6) is 0 Å². The summed E-state index contributed by atoms with van der Waals surface area (Å²) in [6.45, 7) is 7.27. The Balaban J connectivity index is 1.50. The zero-order valence-corrected chi connectivity index (χ0v) is 17.1. The van der Waals surface area contributed by atoms with Crippen LogP contribution in [0.4, 0.5) is 0 Å². The normalized spacial score (nSPS) is 27.6. The van der Waals surface area contributed by atoms with Gasteiger partial charge in [-0.1, -0.05) is 5.16 Å². The third-order valence-corrected chi connectivity index (χ3v) is 7.35. The summed E-state index contributed by atoms with van der Waals surface area (Å²) in [6, 6.07) is 4.28. The van der Waals surface area contributed by atoms with E-state index in [0.29, 0.717) is 11.8 Å². The minimum Gasteiger partial charge on any atom is -0.388 e. The van der Waals surface area contributed by atoms with Gasteiger partial charge >= 0.3 is 0 Å². The quantitative estimate of drug-likeness (QED) is 0.699. The van der Waals surface area contributed by atoms with Crippen LogP contribution in [0.1, 0.15) is 60.5 Å². The minimum atomic E-state index is -0.499. The smallest absolute Gasteiger partial charge is 0.141 e. The number of hydrogen-bond acceptors (Lipinski definition) is 5. The summed E-state index contributed by atoms with van der Waals surface area (Å²) in [4.78, 5) is 11.0. The number of rotatable bonds is 4. The first-order chi connectivity index (χ1) is 14.1. The minimum absolute atomic E-state index is 0.279. The van der Waals surface area contributed by atoms with Crippen LogP contribution in [0.25, 0.3) is 22.2 Å². The second-order valence-corrected chi connectivity index (χ2v) is 9.30. The molecule has 5 heterocycles. The van der Waals surface area contributed by atoms with Crippen molar-refractivity contribution in [3.63, 3.8) is 0 Å². The summed E-state index contributed by atoms with van der Waals surface area (Å²) in [7, 11) is 0. The van der Waals surface area contributed by atoms with Gasteiger partial charge in [-0.15, -0.1) is 0 Å². The molecular weight excluding hydrogens is 364 g/mol. The predicted octanol–water partition coefficient (Wildman–Crippen LogP) is 4.09. The molecule has 1 aliphatic carbocycles. The van der Waals surface area contributed by atoms with Crippen molar-refractivity contribution in [1.29, 1.82) is 0 Å². The van der Waals surface area contributed by atoms with Crippen LogP contribution in [-0.4, -0.2) is 44.8 Å². The van der Waals surface area contributed by atoms with Crippen molar-refractivity contribution < 1.29 is 9.63 Å². The average Bonchev–Trinajstić information content (AvgIpc) is 3.42. The SMILES string of the molecule is Cc1noc(C)c1-c1cc(C(O)C2CN3CCC2CC3)c2nc(C3CC3)[nH]c2c1. The van der Waals surface area contributed by atoms with E-state index in [1.54, 1.807) is 0 Å². The van der Waals surface area contributed by atoms with E-state index < -0.39 is 6.10 Å². The lowest BCUT2D eigenvalue weighted by Crippen LogP contribution is -2.49. The maximum atomic E-state index is 11.6. The fourth-order valence-electron chi connectivity index (χ4n) is 5.58. The number of nitrogens with zero attached hydrogens (tertiary/aromatic N) is 3. The number of piperidine rings is 3. The molecule has 3 aliphatic heterocycles. The van der Waals surface area contributed by atoms with Gasteiger partial charge in [0.15, 0.2) is 0 Å². The van der Waals surface area contributed by atoms with E-state index in [1.165, 1.54) is 38.8 Å². The standard InChI is InChI=1S/C23H28N4O2/c1-12-20(13(2)29-26-12)16-9-17(21-19(10-16)24-23(25-21)15-3-4-15)22(28)18-11-27-7-5-14(18)6-8-27/h9-10,14-15,18,22,28H,3-8,11H2,1-2H3,(H,24,25). The first-order valence-corrected chi connectivity index (χ1v) is 11.0. The molecule has 0 amide bonds. The van der Waals surface area contributed by atoms with Gasteiger partial charge in [-0.25, -0.2) is 4.98 Å². The monoisotopic (exact) mass is 392 g/mol. The molecule has 3 saturated heterocycles. The molecule has 7 rings (SSSR count). The number of fused-ring (bicyclic) bond motifs is 4. The molecule has 29 heavy (non-hydrogen) atoms. The summed E-state index contributed by atoms with van der Waals surface area (Å²) in [5, 5.41) is 15.7. The molecule has 2 bridgehead atoms. The van der Waals surface area contributed by atoms with Gasteiger partial charge in [-0.05, 0) is 76.2 Å². The van der Waals surface area contributed by atoms with Crippen LogP contribution in [0.3, 0.4) is 0 Å². The van der Waals surface area contributed by atoms with Gasteiger partial charge in [-0.2, -0.15) is 0 Å². The molecule has 1 aromatic carbocycles. The van der Waals surface area contributed by atoms with Crippen LogP contribution in [-0.2, 0) is 0 Å². The third-order valence-electron chi connectivity index (χ3n) is 7.35. The number of aromatic amines is 1. The Morgan fingerprint density at radius 1 is 1.17 bits per heavy atom. The van der Waals surface area contributed by atoms with Crippen molar-refractivity contribution in [3.05, 3.63) is 35.0 Å². The van der Waals surface area contributed by atoms with Gasteiger partial charge in [0.25, 0.3) is 0 Å². The van der Waals surface area contributed by atoms with E-state index in [-0.39, 0.29) is 5.92 Å². The molecule has 4 aliphatic rings. The lowest BCUT2D eigenvalue weighted by molar-refractivity contribution is -0.0258.